The average Bonchev–Trinajstić information content (AvgIpc) is 2.62. The number of nitrogens with zero attached hydrogens (tertiary/aromatic N) is 3. The van der Waals surface area contributed by atoms with E-state index in [-0.39, 0.29) is 0 Å². The van der Waals surface area contributed by atoms with Crippen molar-refractivity contribution in [2.75, 3.05) is 0 Å². The molecule has 4 N–H and O–H groups in total. The Kier molecular flexibility index (Phi) is 4.95. The number of nitrogens with two attached hydrogens (primary N) is 2. The lowest BCUT2D eigenvalue weighted by atomic mass is 10.3. The first kappa shape index (κ1) is 13.2. The van der Waals surface area contributed by atoms with E-state index in [1.807, 2.05) is 18.5 Å². The summed E-state index contributed by atoms with van der Waals surface area (Å²) in [6.07, 6.45) is 0.823. The predicted octanol–water partition coefficient (Wildman–Crippen LogP) is 1.54. The van der Waals surface area contributed by atoms with E-state index in [0.29, 0.717) is 10.9 Å². The van der Waals surface area contributed by atoms with Crippen LogP contribution in [0.5, 0.6) is 0 Å². The monoisotopic (exact) mass is 261 g/mol. The number of aryl methyl sites for hydroxylation is 2. The third-order valence-corrected chi connectivity index (χ3v) is 3.43. The summed E-state index contributed by atoms with van der Waals surface area (Å²) >= 11 is 7.58. The van der Waals surface area contributed by atoms with E-state index in [4.69, 9.17) is 23.2 Å². The molecular formula is C9H16ClN5S. The lowest BCUT2D eigenvalue weighted by Crippen LogP contribution is -2.10. The quantitative estimate of drug-likeness (QED) is 0.373. The number of hydrazone groups is 1. The number of halogens is 1. The lowest BCUT2D eigenvalue weighted by Gasteiger charge is -2.04. The largest absolute Gasteiger partial charge is 0.377 e. The summed E-state index contributed by atoms with van der Waals surface area (Å²) in [5, 5.41) is 8.88. The van der Waals surface area contributed by atoms with Crippen LogP contribution in [0.1, 0.15) is 25.2 Å². The first-order valence-electron chi connectivity index (χ1n) is 5.04. The van der Waals surface area contributed by atoms with Crippen LogP contribution in [0.2, 0.25) is 5.02 Å². The zero-order chi connectivity index (χ0) is 12.1. The normalized spacial score (nSPS) is 12.1. The van der Waals surface area contributed by atoms with Gasteiger partial charge in [0.25, 0.3) is 0 Å². The van der Waals surface area contributed by atoms with Crippen molar-refractivity contribution in [3.8, 4) is 0 Å². The summed E-state index contributed by atoms with van der Waals surface area (Å²) in [5.41, 5.74) is 7.41. The zero-order valence-corrected chi connectivity index (χ0v) is 11.0. The Hall–Kier alpha value is -0.880. The minimum Gasteiger partial charge on any atom is -0.377 e. The Morgan fingerprint density at radius 1 is 1.56 bits per heavy atom. The minimum absolute atomic E-state index is 0.345. The highest BCUT2D eigenvalue weighted by Gasteiger charge is 2.14. The van der Waals surface area contributed by atoms with Gasteiger partial charge in [0.2, 0.25) is 0 Å². The van der Waals surface area contributed by atoms with Crippen LogP contribution < -0.4 is 11.6 Å². The van der Waals surface area contributed by atoms with Crippen LogP contribution in [0.25, 0.3) is 0 Å². The van der Waals surface area contributed by atoms with Crippen molar-refractivity contribution < 1.29 is 0 Å². The van der Waals surface area contributed by atoms with E-state index in [2.05, 4.69) is 10.2 Å². The molecule has 1 aromatic heterocycles. The molecule has 1 heterocycles. The van der Waals surface area contributed by atoms with Crippen LogP contribution in [0.4, 0.5) is 0 Å². The maximum Gasteiger partial charge on any atom is 0.177 e. The van der Waals surface area contributed by atoms with Gasteiger partial charge in [0, 0.05) is 12.3 Å². The topological polar surface area (TPSA) is 82.2 Å². The maximum absolute atomic E-state index is 6.23. The van der Waals surface area contributed by atoms with Gasteiger partial charge in [-0.3, -0.25) is 4.68 Å². The van der Waals surface area contributed by atoms with Gasteiger partial charge >= 0.3 is 0 Å². The van der Waals surface area contributed by atoms with Crippen LogP contribution in [0.3, 0.4) is 0 Å². The fourth-order valence-electron chi connectivity index (χ4n) is 1.33. The van der Waals surface area contributed by atoms with E-state index < -0.39 is 0 Å². The molecule has 1 aromatic rings. The number of hydrogen-bond acceptors (Lipinski definition) is 4. The summed E-state index contributed by atoms with van der Waals surface area (Å²) in [5.74, 6) is 5.69. The molecule has 5 nitrogen and oxygen atoms in total. The second kappa shape index (κ2) is 6.00. The zero-order valence-electron chi connectivity index (χ0n) is 9.40. The second-order valence-corrected chi connectivity index (χ2v) is 4.51. The molecule has 0 aliphatic heterocycles. The highest BCUT2D eigenvalue weighted by Crippen LogP contribution is 2.25. The molecule has 0 atom stereocenters. The van der Waals surface area contributed by atoms with Crippen molar-refractivity contribution in [2.45, 2.75) is 32.6 Å². The van der Waals surface area contributed by atoms with Crippen molar-refractivity contribution >= 4 is 28.5 Å². The molecule has 0 radical (unpaired) electrons. The Morgan fingerprint density at radius 3 is 2.75 bits per heavy atom. The van der Waals surface area contributed by atoms with Crippen molar-refractivity contribution in [3.05, 3.63) is 16.4 Å². The summed E-state index contributed by atoms with van der Waals surface area (Å²) in [4.78, 5) is 0. The summed E-state index contributed by atoms with van der Waals surface area (Å²) in [7, 11) is 0. The van der Waals surface area contributed by atoms with E-state index in [1.165, 1.54) is 11.8 Å². The van der Waals surface area contributed by atoms with Gasteiger partial charge in [-0.1, -0.05) is 30.3 Å². The molecular weight excluding hydrogens is 246 g/mol. The number of thioether (sulfide) groups is 1. The molecule has 0 aliphatic carbocycles. The minimum atomic E-state index is 0.345. The maximum atomic E-state index is 6.23. The Morgan fingerprint density at radius 2 is 2.25 bits per heavy atom. The first-order valence-corrected chi connectivity index (χ1v) is 6.40. The molecule has 0 unspecified atom stereocenters. The van der Waals surface area contributed by atoms with Crippen molar-refractivity contribution in [3.63, 3.8) is 0 Å². The third kappa shape index (κ3) is 2.82. The Bertz CT molecular complexity index is 387. The van der Waals surface area contributed by atoms with E-state index in [0.717, 1.165) is 29.4 Å². The molecule has 0 spiro atoms. The van der Waals surface area contributed by atoms with Crippen LogP contribution >= 0.6 is 23.4 Å². The number of amidine groups is 1. The molecule has 0 amide bonds. The fraction of sp³-hybridized carbons (Fsp3) is 0.556. The molecule has 0 aromatic carbocycles. The van der Waals surface area contributed by atoms with E-state index in [9.17, 15) is 0 Å². The molecule has 0 aliphatic rings. The summed E-state index contributed by atoms with van der Waals surface area (Å²) < 4.78 is 1.89. The molecule has 0 fully saturated rings. The van der Waals surface area contributed by atoms with Crippen LogP contribution in [0.15, 0.2) is 5.10 Å². The summed E-state index contributed by atoms with van der Waals surface area (Å²) in [6, 6.07) is 0. The van der Waals surface area contributed by atoms with E-state index >= 15 is 0 Å². The number of hydrogen-bond donors (Lipinski definition) is 2. The van der Waals surface area contributed by atoms with E-state index in [1.54, 1.807) is 0 Å². The molecule has 0 saturated heterocycles. The van der Waals surface area contributed by atoms with Gasteiger partial charge in [-0.05, 0) is 13.3 Å². The first-order chi connectivity index (χ1) is 7.63. The molecule has 90 valence electrons. The third-order valence-electron chi connectivity index (χ3n) is 2.18. The van der Waals surface area contributed by atoms with Crippen molar-refractivity contribution in [1.82, 2.24) is 9.78 Å². The Labute approximate surface area is 104 Å². The van der Waals surface area contributed by atoms with Gasteiger partial charge < -0.3 is 11.6 Å². The lowest BCUT2D eigenvalue weighted by molar-refractivity contribution is 0.628. The molecule has 16 heavy (non-hydrogen) atoms. The van der Waals surface area contributed by atoms with Gasteiger partial charge in [-0.25, -0.2) is 0 Å². The van der Waals surface area contributed by atoms with Gasteiger partial charge in [0.15, 0.2) is 5.17 Å². The highest BCUT2D eigenvalue weighted by molar-refractivity contribution is 8.13. The smallest absolute Gasteiger partial charge is 0.177 e. The fourth-order valence-corrected chi connectivity index (χ4v) is 2.40. The average molecular weight is 262 g/mol. The van der Waals surface area contributed by atoms with Gasteiger partial charge in [-0.2, -0.15) is 10.2 Å². The van der Waals surface area contributed by atoms with Crippen LogP contribution in [0, 0.1) is 0 Å². The van der Waals surface area contributed by atoms with Gasteiger partial charge in [0.05, 0.1) is 16.4 Å². The predicted molar refractivity (Wildman–Crippen MR) is 69.4 cm³/mol. The molecule has 7 heteroatoms. The van der Waals surface area contributed by atoms with Crippen LogP contribution in [-0.4, -0.2) is 14.9 Å². The molecule has 0 saturated carbocycles. The Balaban J connectivity index is 2.89. The second-order valence-electron chi connectivity index (χ2n) is 3.13. The van der Waals surface area contributed by atoms with Crippen LogP contribution in [-0.2, 0) is 18.7 Å². The van der Waals surface area contributed by atoms with Crippen molar-refractivity contribution in [2.24, 2.45) is 16.7 Å². The highest BCUT2D eigenvalue weighted by atomic mass is 35.5. The molecule has 1 rings (SSSR count). The number of aromatic nitrogens is 2. The standard InChI is InChI=1S/C9H16ClN5S/c1-3-6-8(10)7(15(4-2)14-6)5-16-9(11)13-12/h3-5,12H2,1-2H3,(H2,11,13). The van der Waals surface area contributed by atoms with Crippen molar-refractivity contribution in [1.29, 1.82) is 0 Å². The van der Waals surface area contributed by atoms with Gasteiger partial charge in [0.1, 0.15) is 0 Å². The summed E-state index contributed by atoms with van der Waals surface area (Å²) in [6.45, 7) is 4.84. The SMILES string of the molecule is CCc1nn(CC)c(CSC(N)=NN)c1Cl. The molecule has 0 bridgehead atoms. The number of rotatable bonds is 4. The van der Waals surface area contributed by atoms with Gasteiger partial charge in [-0.15, -0.1) is 0 Å².